The first-order chi connectivity index (χ1) is 6.54. The van der Waals surface area contributed by atoms with Gasteiger partial charge in [0.15, 0.2) is 0 Å². The lowest BCUT2D eigenvalue weighted by molar-refractivity contribution is 0.162. The maximum atomic E-state index is 9.99. The molecular weight excluding hydrogens is 212 g/mol. The first kappa shape index (κ1) is 15.0. The molecule has 14 heavy (non-hydrogen) atoms. The molecule has 0 heterocycles. The van der Waals surface area contributed by atoms with Crippen LogP contribution >= 0.6 is 0 Å². The number of hydrogen-bond donors (Lipinski definition) is 0. The Morgan fingerprint density at radius 3 is 1.64 bits per heavy atom. The summed E-state index contributed by atoms with van der Waals surface area (Å²) in [7, 11) is -4.27. The number of ether oxygens (including phenoxy) is 1. The van der Waals surface area contributed by atoms with E-state index < -0.39 is 10.2 Å². The van der Waals surface area contributed by atoms with Crippen molar-refractivity contribution in [3.8, 4) is 0 Å². The van der Waals surface area contributed by atoms with E-state index in [1.165, 1.54) is 0 Å². The Hall–Kier alpha value is -1.47. The highest BCUT2D eigenvalue weighted by molar-refractivity contribution is 7.88. The normalized spacial score (nSPS) is 8.71. The Bertz CT molecular complexity index is 299. The van der Waals surface area contributed by atoms with E-state index in [9.17, 15) is 8.42 Å². The van der Waals surface area contributed by atoms with Crippen LogP contribution < -0.4 is 0 Å². The van der Waals surface area contributed by atoms with Crippen LogP contribution in [0.25, 0.3) is 20.9 Å². The van der Waals surface area contributed by atoms with E-state index >= 15 is 0 Å². The summed E-state index contributed by atoms with van der Waals surface area (Å²) < 4.78 is 29.2. The molecule has 0 aromatic carbocycles. The minimum absolute atomic E-state index is 0.844. The van der Waals surface area contributed by atoms with E-state index in [-0.39, 0.29) is 0 Å². The summed E-state index contributed by atoms with van der Waals surface area (Å²) in [6.07, 6.45) is 0. The summed E-state index contributed by atoms with van der Waals surface area (Å²) in [6, 6.07) is 0. The smallest absolute Gasteiger partial charge is 0.321 e. The molecular formula is C4H10N6O3S. The molecule has 10 heteroatoms. The molecule has 0 amide bonds. The molecule has 0 aromatic heterocycles. The third-order valence-electron chi connectivity index (χ3n) is 0.688. The van der Waals surface area contributed by atoms with Crippen molar-refractivity contribution in [1.29, 1.82) is 0 Å². The zero-order chi connectivity index (χ0) is 11.4. The summed E-state index contributed by atoms with van der Waals surface area (Å²) in [5.41, 5.74) is 15.0. The van der Waals surface area contributed by atoms with Crippen molar-refractivity contribution in [3.05, 3.63) is 20.9 Å². The zero-order valence-electron chi connectivity index (χ0n) is 7.73. The second-order valence-electron chi connectivity index (χ2n) is 1.57. The number of rotatable bonds is 4. The van der Waals surface area contributed by atoms with E-state index in [1.807, 2.05) is 23.7 Å². The van der Waals surface area contributed by atoms with Crippen LogP contribution in [0.1, 0.15) is 13.8 Å². The fraction of sp³-hybridized carbons (Fsp3) is 1.00. The molecule has 80 valence electrons. The molecule has 0 aromatic rings. The second-order valence-corrected chi connectivity index (χ2v) is 2.79. The fourth-order valence-corrected chi connectivity index (χ4v) is 0.530. The van der Waals surface area contributed by atoms with Gasteiger partial charge in [0, 0.05) is 32.1 Å². The number of hydrogen-bond acceptors (Lipinski definition) is 3. The van der Waals surface area contributed by atoms with E-state index in [0.717, 1.165) is 13.2 Å². The molecule has 0 spiro atoms. The van der Waals surface area contributed by atoms with Gasteiger partial charge in [-0.3, -0.25) is 0 Å². The third-order valence-corrected chi connectivity index (χ3v) is 1.25. The van der Waals surface area contributed by atoms with Gasteiger partial charge in [-0.25, -0.2) is 8.42 Å². The van der Waals surface area contributed by atoms with Crippen molar-refractivity contribution >= 4 is 10.2 Å². The monoisotopic (exact) mass is 222 g/mol. The van der Waals surface area contributed by atoms with Crippen molar-refractivity contribution < 1.29 is 13.2 Å². The van der Waals surface area contributed by atoms with Gasteiger partial charge >= 0.3 is 10.2 Å². The van der Waals surface area contributed by atoms with Crippen LogP contribution in [-0.2, 0) is 14.9 Å². The van der Waals surface area contributed by atoms with E-state index in [1.54, 1.807) is 0 Å². The lowest BCUT2D eigenvalue weighted by Crippen LogP contribution is -1.84. The van der Waals surface area contributed by atoms with Crippen LogP contribution in [0.15, 0.2) is 9.04 Å². The summed E-state index contributed by atoms with van der Waals surface area (Å²) >= 11 is 0. The molecule has 0 aliphatic carbocycles. The molecule has 0 atom stereocenters. The average Bonchev–Trinajstić information content (AvgIpc) is 2.06. The third kappa shape index (κ3) is 13.1. The molecule has 0 saturated heterocycles. The Morgan fingerprint density at radius 1 is 1.14 bits per heavy atom. The Labute approximate surface area is 81.1 Å². The predicted octanol–water partition coefficient (Wildman–Crippen LogP) is 1.89. The molecule has 9 nitrogen and oxygen atoms in total. The first-order valence-electron chi connectivity index (χ1n) is 3.49. The van der Waals surface area contributed by atoms with Crippen molar-refractivity contribution in [2.75, 3.05) is 13.2 Å². The fourth-order valence-electron chi connectivity index (χ4n) is 0.313. The molecule has 0 bridgehead atoms. The van der Waals surface area contributed by atoms with Crippen molar-refractivity contribution in [2.24, 2.45) is 9.04 Å². The number of azide groups is 1. The highest BCUT2D eigenvalue weighted by Gasteiger charge is 1.99. The van der Waals surface area contributed by atoms with Crippen LogP contribution in [0.5, 0.6) is 0 Å². The van der Waals surface area contributed by atoms with Crippen LogP contribution in [-0.4, -0.2) is 21.6 Å². The van der Waals surface area contributed by atoms with Gasteiger partial charge in [-0.05, 0) is 24.9 Å². The van der Waals surface area contributed by atoms with Gasteiger partial charge in [0.2, 0.25) is 0 Å². The van der Waals surface area contributed by atoms with Crippen molar-refractivity contribution in [1.82, 2.24) is 0 Å². The van der Waals surface area contributed by atoms with Gasteiger partial charge in [-0.1, -0.05) is 0 Å². The van der Waals surface area contributed by atoms with Gasteiger partial charge in [0.05, 0.1) is 0 Å². The highest BCUT2D eigenvalue weighted by Crippen LogP contribution is 1.92. The predicted molar refractivity (Wildman–Crippen MR) is 49.4 cm³/mol. The van der Waals surface area contributed by atoms with Gasteiger partial charge in [0.1, 0.15) is 0 Å². The Balaban J connectivity index is 0. The standard InChI is InChI=1S/C4H10O.N6O2S/c1-3-5-4-2;1-3-5-9(7,8)6-4-2/h3-4H2,1-2H3;. The maximum absolute atomic E-state index is 9.99. The van der Waals surface area contributed by atoms with E-state index in [2.05, 4.69) is 9.04 Å². The molecule has 0 saturated carbocycles. The molecule has 0 radical (unpaired) electrons. The second kappa shape index (κ2) is 9.62. The van der Waals surface area contributed by atoms with Gasteiger partial charge in [0.25, 0.3) is 0 Å². The molecule has 0 unspecified atom stereocenters. The van der Waals surface area contributed by atoms with E-state index in [4.69, 9.17) is 15.8 Å². The van der Waals surface area contributed by atoms with Crippen LogP contribution in [0.2, 0.25) is 0 Å². The zero-order valence-corrected chi connectivity index (χ0v) is 8.55. The molecule has 0 aliphatic rings. The Morgan fingerprint density at radius 2 is 1.50 bits per heavy atom. The van der Waals surface area contributed by atoms with Crippen LogP contribution in [0.4, 0.5) is 0 Å². The SMILES string of the molecule is CCOCC.[N-]=[N+]=NS(=O)(=O)N=[N+]=[N-]. The topological polar surface area (TPSA) is 141 Å². The highest BCUT2D eigenvalue weighted by atomic mass is 32.2. The summed E-state index contributed by atoms with van der Waals surface area (Å²) in [5, 5.41) is 0. The molecule has 0 N–H and O–H groups in total. The summed E-state index contributed by atoms with van der Waals surface area (Å²) in [4.78, 5) is 3.80. The van der Waals surface area contributed by atoms with E-state index in [0.29, 0.717) is 0 Å². The molecule has 0 rings (SSSR count). The Kier molecular flexibility index (Phi) is 10.3. The summed E-state index contributed by atoms with van der Waals surface area (Å²) in [6.45, 7) is 5.67. The summed E-state index contributed by atoms with van der Waals surface area (Å²) in [5.74, 6) is 0. The average molecular weight is 222 g/mol. The first-order valence-corrected chi connectivity index (χ1v) is 4.89. The quantitative estimate of drug-likeness (QED) is 0.407. The van der Waals surface area contributed by atoms with Crippen LogP contribution in [0, 0.1) is 0 Å². The maximum Gasteiger partial charge on any atom is 0.321 e. The molecule has 0 fully saturated rings. The van der Waals surface area contributed by atoms with Crippen LogP contribution in [0.3, 0.4) is 0 Å². The van der Waals surface area contributed by atoms with Gasteiger partial charge < -0.3 is 4.74 Å². The van der Waals surface area contributed by atoms with Crippen molar-refractivity contribution in [3.63, 3.8) is 0 Å². The minimum Gasteiger partial charge on any atom is -0.382 e. The minimum atomic E-state index is -4.27. The van der Waals surface area contributed by atoms with Gasteiger partial charge in [-0.2, -0.15) is 0 Å². The number of nitrogens with zero attached hydrogens (tertiary/aromatic N) is 6. The van der Waals surface area contributed by atoms with Crippen molar-refractivity contribution in [2.45, 2.75) is 13.8 Å². The van der Waals surface area contributed by atoms with Gasteiger partial charge in [-0.15, -0.1) is 0 Å². The lowest BCUT2D eigenvalue weighted by atomic mass is 10.8. The largest absolute Gasteiger partial charge is 0.382 e. The molecule has 0 aliphatic heterocycles. The lowest BCUT2D eigenvalue weighted by Gasteiger charge is -1.86.